The van der Waals surface area contributed by atoms with Gasteiger partial charge in [-0.1, -0.05) is 30.3 Å². The standard InChI is InChI=1S/C13H18N2O2/c1-13(7-8-14)10-17-12(16)15(13)9-11-5-3-2-4-6-11/h2-6H,7-10,14H2,1H3. The molecule has 4 heteroatoms. The Balaban J connectivity index is 2.15. The van der Waals surface area contributed by atoms with Crippen LogP contribution in [0.4, 0.5) is 4.79 Å². The van der Waals surface area contributed by atoms with Crippen LogP contribution in [0.5, 0.6) is 0 Å². The minimum absolute atomic E-state index is 0.246. The third-order valence-electron chi connectivity index (χ3n) is 3.25. The first-order chi connectivity index (χ1) is 8.15. The Morgan fingerprint density at radius 2 is 2.12 bits per heavy atom. The van der Waals surface area contributed by atoms with Gasteiger partial charge in [0.15, 0.2) is 0 Å². The van der Waals surface area contributed by atoms with Crippen molar-refractivity contribution in [2.45, 2.75) is 25.4 Å². The van der Waals surface area contributed by atoms with E-state index < -0.39 is 0 Å². The molecule has 2 N–H and O–H groups in total. The van der Waals surface area contributed by atoms with E-state index >= 15 is 0 Å². The number of amides is 1. The molecule has 2 rings (SSSR count). The quantitative estimate of drug-likeness (QED) is 0.863. The molecule has 0 aliphatic carbocycles. The summed E-state index contributed by atoms with van der Waals surface area (Å²) >= 11 is 0. The highest BCUT2D eigenvalue weighted by molar-refractivity contribution is 5.71. The minimum Gasteiger partial charge on any atom is -0.447 e. The first-order valence-electron chi connectivity index (χ1n) is 5.84. The van der Waals surface area contributed by atoms with E-state index in [1.165, 1.54) is 0 Å². The monoisotopic (exact) mass is 234 g/mol. The molecular weight excluding hydrogens is 216 g/mol. The Morgan fingerprint density at radius 1 is 1.41 bits per heavy atom. The number of hydrogen-bond acceptors (Lipinski definition) is 3. The number of rotatable bonds is 4. The van der Waals surface area contributed by atoms with E-state index in [0.717, 1.165) is 12.0 Å². The Bertz CT molecular complexity index is 394. The first-order valence-corrected chi connectivity index (χ1v) is 5.84. The molecule has 4 nitrogen and oxygen atoms in total. The molecule has 0 saturated carbocycles. The Morgan fingerprint density at radius 3 is 2.76 bits per heavy atom. The van der Waals surface area contributed by atoms with E-state index in [2.05, 4.69) is 0 Å². The van der Waals surface area contributed by atoms with Gasteiger partial charge in [-0.3, -0.25) is 4.90 Å². The summed E-state index contributed by atoms with van der Waals surface area (Å²) in [5, 5.41) is 0. The van der Waals surface area contributed by atoms with Gasteiger partial charge in [0.2, 0.25) is 0 Å². The van der Waals surface area contributed by atoms with Crippen LogP contribution in [0.25, 0.3) is 0 Å². The molecule has 0 radical (unpaired) electrons. The van der Waals surface area contributed by atoms with Gasteiger partial charge < -0.3 is 10.5 Å². The fourth-order valence-electron chi connectivity index (χ4n) is 2.13. The maximum Gasteiger partial charge on any atom is 0.410 e. The molecule has 1 aliphatic heterocycles. The SMILES string of the molecule is CC1(CCN)COC(=O)N1Cc1ccccc1. The van der Waals surface area contributed by atoms with Gasteiger partial charge in [0.05, 0.1) is 5.54 Å². The van der Waals surface area contributed by atoms with Gasteiger partial charge in [-0.25, -0.2) is 4.79 Å². The molecule has 0 bridgehead atoms. The van der Waals surface area contributed by atoms with E-state index in [9.17, 15) is 4.79 Å². The smallest absolute Gasteiger partial charge is 0.410 e. The highest BCUT2D eigenvalue weighted by Gasteiger charge is 2.42. The van der Waals surface area contributed by atoms with Gasteiger partial charge >= 0.3 is 6.09 Å². The van der Waals surface area contributed by atoms with Gasteiger partial charge in [0.1, 0.15) is 6.61 Å². The third kappa shape index (κ3) is 2.42. The van der Waals surface area contributed by atoms with Gasteiger partial charge in [0.25, 0.3) is 0 Å². The molecular formula is C13H18N2O2. The third-order valence-corrected chi connectivity index (χ3v) is 3.25. The molecule has 0 aromatic heterocycles. The van der Waals surface area contributed by atoms with Crippen molar-refractivity contribution in [3.8, 4) is 0 Å². The Kier molecular flexibility index (Phi) is 3.33. The molecule has 1 fully saturated rings. The average Bonchev–Trinajstić information content (AvgIpc) is 2.60. The molecule has 1 saturated heterocycles. The van der Waals surface area contributed by atoms with Gasteiger partial charge in [0, 0.05) is 6.54 Å². The zero-order valence-electron chi connectivity index (χ0n) is 10.1. The molecule has 1 amide bonds. The van der Waals surface area contributed by atoms with E-state index in [1.54, 1.807) is 4.90 Å². The fourth-order valence-corrected chi connectivity index (χ4v) is 2.13. The molecule has 1 atom stereocenters. The lowest BCUT2D eigenvalue weighted by atomic mass is 9.97. The summed E-state index contributed by atoms with van der Waals surface area (Å²) in [7, 11) is 0. The van der Waals surface area contributed by atoms with Crippen LogP contribution in [0.3, 0.4) is 0 Å². The number of hydrogen-bond donors (Lipinski definition) is 1. The zero-order valence-corrected chi connectivity index (χ0v) is 10.1. The molecule has 1 aromatic rings. The van der Waals surface area contributed by atoms with Crippen LogP contribution < -0.4 is 5.73 Å². The maximum atomic E-state index is 11.7. The largest absolute Gasteiger partial charge is 0.447 e. The summed E-state index contributed by atoms with van der Waals surface area (Å²) in [6.07, 6.45) is 0.510. The van der Waals surface area contributed by atoms with Gasteiger partial charge in [-0.2, -0.15) is 0 Å². The van der Waals surface area contributed by atoms with Crippen LogP contribution in [0.2, 0.25) is 0 Å². The fraction of sp³-hybridized carbons (Fsp3) is 0.462. The topological polar surface area (TPSA) is 55.6 Å². The molecule has 0 spiro atoms. The average molecular weight is 234 g/mol. The van der Waals surface area contributed by atoms with Crippen molar-refractivity contribution in [3.05, 3.63) is 35.9 Å². The summed E-state index contributed by atoms with van der Waals surface area (Å²) in [5.41, 5.74) is 6.43. The first kappa shape index (κ1) is 11.9. The van der Waals surface area contributed by atoms with E-state index in [4.69, 9.17) is 10.5 Å². The van der Waals surface area contributed by atoms with Crippen molar-refractivity contribution < 1.29 is 9.53 Å². The second-order valence-electron chi connectivity index (χ2n) is 4.66. The van der Waals surface area contributed by atoms with Crippen molar-refractivity contribution in [2.24, 2.45) is 5.73 Å². The number of carbonyl (C=O) groups excluding carboxylic acids is 1. The number of nitrogens with two attached hydrogens (primary N) is 1. The van der Waals surface area contributed by atoms with Gasteiger partial charge in [-0.05, 0) is 25.5 Å². The van der Waals surface area contributed by atoms with Crippen LogP contribution >= 0.6 is 0 Å². The summed E-state index contributed by atoms with van der Waals surface area (Å²) < 4.78 is 5.14. The predicted molar refractivity (Wildman–Crippen MR) is 65.4 cm³/mol. The van der Waals surface area contributed by atoms with E-state index in [0.29, 0.717) is 19.7 Å². The summed E-state index contributed by atoms with van der Waals surface area (Å²) in [5.74, 6) is 0. The highest BCUT2D eigenvalue weighted by atomic mass is 16.6. The molecule has 1 aromatic carbocycles. The summed E-state index contributed by atoms with van der Waals surface area (Å²) in [6, 6.07) is 9.92. The normalized spacial score (nSPS) is 23.9. The molecule has 1 unspecified atom stereocenters. The second-order valence-corrected chi connectivity index (χ2v) is 4.66. The molecule has 17 heavy (non-hydrogen) atoms. The maximum absolute atomic E-state index is 11.7. The van der Waals surface area contributed by atoms with Crippen LogP contribution in [-0.4, -0.2) is 29.7 Å². The Labute approximate surface area is 101 Å². The lowest BCUT2D eigenvalue weighted by Gasteiger charge is -2.31. The van der Waals surface area contributed by atoms with Crippen molar-refractivity contribution in [3.63, 3.8) is 0 Å². The summed E-state index contributed by atoms with van der Waals surface area (Å²) in [4.78, 5) is 13.5. The van der Waals surface area contributed by atoms with Crippen molar-refractivity contribution in [1.82, 2.24) is 4.90 Å². The Hall–Kier alpha value is -1.55. The number of benzene rings is 1. The van der Waals surface area contributed by atoms with Crippen molar-refractivity contribution in [2.75, 3.05) is 13.2 Å². The van der Waals surface area contributed by atoms with Crippen LogP contribution in [0.15, 0.2) is 30.3 Å². The second kappa shape index (κ2) is 4.75. The van der Waals surface area contributed by atoms with E-state index in [-0.39, 0.29) is 11.6 Å². The number of cyclic esters (lactones) is 1. The van der Waals surface area contributed by atoms with Crippen LogP contribution in [0.1, 0.15) is 18.9 Å². The molecule has 1 aliphatic rings. The van der Waals surface area contributed by atoms with Crippen molar-refractivity contribution >= 4 is 6.09 Å². The minimum atomic E-state index is -0.276. The molecule has 1 heterocycles. The number of ether oxygens (including phenoxy) is 1. The molecule has 92 valence electrons. The number of carbonyl (C=O) groups is 1. The lowest BCUT2D eigenvalue weighted by Crippen LogP contribution is -2.45. The predicted octanol–water partition coefficient (Wildman–Crippen LogP) is 1.75. The van der Waals surface area contributed by atoms with Crippen molar-refractivity contribution in [1.29, 1.82) is 0 Å². The van der Waals surface area contributed by atoms with E-state index in [1.807, 2.05) is 37.3 Å². The number of nitrogens with zero attached hydrogens (tertiary/aromatic N) is 1. The van der Waals surface area contributed by atoms with Crippen LogP contribution in [0, 0.1) is 0 Å². The zero-order chi connectivity index (χ0) is 12.3. The van der Waals surface area contributed by atoms with Crippen LogP contribution in [-0.2, 0) is 11.3 Å². The van der Waals surface area contributed by atoms with Gasteiger partial charge in [-0.15, -0.1) is 0 Å². The highest BCUT2D eigenvalue weighted by Crippen LogP contribution is 2.28. The summed E-state index contributed by atoms with van der Waals surface area (Å²) in [6.45, 7) is 3.58. The lowest BCUT2D eigenvalue weighted by molar-refractivity contribution is 0.148.